The number of fused-ring (bicyclic) bond motifs is 1. The maximum atomic E-state index is 12.0. The topological polar surface area (TPSA) is 64.6 Å². The molecule has 0 bridgehead atoms. The number of aryl methyl sites for hydroxylation is 1. The van der Waals surface area contributed by atoms with E-state index in [1.807, 2.05) is 24.8 Å². The van der Waals surface area contributed by atoms with Gasteiger partial charge in [-0.2, -0.15) is 11.8 Å². The molecule has 1 amide bonds. The second-order valence-electron chi connectivity index (χ2n) is 4.86. The Morgan fingerprint density at radius 3 is 3.00 bits per heavy atom. The Balaban J connectivity index is 1.81. The highest BCUT2D eigenvalue weighted by Crippen LogP contribution is 2.31. The number of thioether (sulfide) groups is 1. The van der Waals surface area contributed by atoms with Crippen molar-refractivity contribution in [2.24, 2.45) is 0 Å². The average molecular weight is 329 g/mol. The van der Waals surface area contributed by atoms with Gasteiger partial charge < -0.3 is 14.8 Å². The summed E-state index contributed by atoms with van der Waals surface area (Å²) >= 11 is 3.35. The van der Waals surface area contributed by atoms with Crippen LogP contribution >= 0.6 is 23.1 Å². The molecular weight excluding hydrogens is 310 g/mol. The molecule has 7 heteroatoms. The lowest BCUT2D eigenvalue weighted by molar-refractivity contribution is -0.125. The third kappa shape index (κ3) is 4.72. The van der Waals surface area contributed by atoms with E-state index in [1.165, 1.54) is 21.8 Å². The number of methoxy groups -OCH3 is 1. The van der Waals surface area contributed by atoms with Gasteiger partial charge in [-0.1, -0.05) is 0 Å². The Bertz CT molecular complexity index is 492. The first-order chi connectivity index (χ1) is 10.1. The smallest absolute Gasteiger partial charge is 0.348 e. The van der Waals surface area contributed by atoms with E-state index in [2.05, 4.69) is 5.32 Å². The first-order valence-corrected chi connectivity index (χ1v) is 8.72. The van der Waals surface area contributed by atoms with Crippen molar-refractivity contribution in [1.82, 2.24) is 5.32 Å². The minimum Gasteiger partial charge on any atom is -0.451 e. The third-order valence-electron chi connectivity index (χ3n) is 2.99. The molecule has 0 saturated heterocycles. The Morgan fingerprint density at radius 1 is 1.48 bits per heavy atom. The van der Waals surface area contributed by atoms with E-state index in [0.717, 1.165) is 17.9 Å². The lowest BCUT2D eigenvalue weighted by Gasteiger charge is -2.12. The predicted molar refractivity (Wildman–Crippen MR) is 83.9 cm³/mol. The Hall–Kier alpha value is -1.05. The third-order valence-corrected chi connectivity index (χ3v) is 5.21. The summed E-state index contributed by atoms with van der Waals surface area (Å²) in [4.78, 5) is 25.4. The molecule has 1 aliphatic heterocycles. The van der Waals surface area contributed by atoms with Crippen LogP contribution in [0.5, 0.6) is 0 Å². The highest BCUT2D eigenvalue weighted by atomic mass is 32.2. The molecule has 0 fully saturated rings. The molecule has 0 aromatic carbocycles. The number of thiophene rings is 1. The summed E-state index contributed by atoms with van der Waals surface area (Å²) < 4.78 is 9.98. The van der Waals surface area contributed by atoms with Crippen molar-refractivity contribution in [3.8, 4) is 0 Å². The first kappa shape index (κ1) is 16.3. The Morgan fingerprint density at radius 2 is 2.29 bits per heavy atom. The Labute approximate surface area is 132 Å². The number of carbonyl (C=O) groups is 2. The van der Waals surface area contributed by atoms with Crippen molar-refractivity contribution in [3.63, 3.8) is 0 Å². The van der Waals surface area contributed by atoms with Crippen LogP contribution in [-0.4, -0.2) is 44.0 Å². The van der Waals surface area contributed by atoms with Gasteiger partial charge in [0.25, 0.3) is 5.91 Å². The fourth-order valence-electron chi connectivity index (χ4n) is 2.06. The molecule has 1 atom stereocenters. The summed E-state index contributed by atoms with van der Waals surface area (Å²) in [5.41, 5.74) is 1.22. The summed E-state index contributed by atoms with van der Waals surface area (Å²) in [6.45, 7) is 1.99. The highest BCUT2D eigenvalue weighted by Gasteiger charge is 2.19. The molecule has 5 nitrogen and oxygen atoms in total. The van der Waals surface area contributed by atoms with Crippen LogP contribution in [0.3, 0.4) is 0 Å². The second kappa shape index (κ2) is 7.82. The number of hydrogen-bond acceptors (Lipinski definition) is 6. The minimum atomic E-state index is -0.422. The van der Waals surface area contributed by atoms with Crippen LogP contribution in [0.2, 0.25) is 0 Å². The average Bonchev–Trinajstić information content (AvgIpc) is 2.89. The maximum Gasteiger partial charge on any atom is 0.348 e. The number of hydrogen-bond donors (Lipinski definition) is 1. The van der Waals surface area contributed by atoms with Gasteiger partial charge in [0.05, 0.1) is 6.61 Å². The van der Waals surface area contributed by atoms with Crippen LogP contribution in [0.25, 0.3) is 0 Å². The molecule has 0 unspecified atom stereocenters. The summed E-state index contributed by atoms with van der Waals surface area (Å²) in [5, 5.41) is 2.70. The molecule has 0 radical (unpaired) electrons. The molecule has 1 aliphatic rings. The van der Waals surface area contributed by atoms with Crippen molar-refractivity contribution in [1.29, 1.82) is 0 Å². The molecular formula is C14H19NO4S2. The molecule has 0 saturated carbocycles. The van der Waals surface area contributed by atoms with Gasteiger partial charge in [-0.3, -0.25) is 4.79 Å². The summed E-state index contributed by atoms with van der Waals surface area (Å²) in [6, 6.07) is 1.78. The van der Waals surface area contributed by atoms with Gasteiger partial charge in [-0.15, -0.1) is 11.3 Å². The zero-order valence-corrected chi connectivity index (χ0v) is 13.8. The van der Waals surface area contributed by atoms with Gasteiger partial charge >= 0.3 is 5.97 Å². The number of esters is 1. The number of ether oxygens (including phenoxy) is 2. The van der Waals surface area contributed by atoms with Gasteiger partial charge in [-0.25, -0.2) is 4.79 Å². The van der Waals surface area contributed by atoms with Crippen LogP contribution in [0.4, 0.5) is 0 Å². The van der Waals surface area contributed by atoms with Crippen molar-refractivity contribution in [2.75, 3.05) is 26.1 Å². The number of carbonyl (C=O) groups excluding carboxylic acids is 2. The molecule has 0 aliphatic carbocycles. The van der Waals surface area contributed by atoms with Crippen molar-refractivity contribution in [2.45, 2.75) is 25.1 Å². The lowest BCUT2D eigenvalue weighted by Crippen LogP contribution is -2.38. The SMILES string of the molecule is COC[C@@H](C)NC(=O)COC(=O)c1cc2c(s1)CCSC2. The quantitative estimate of drug-likeness (QED) is 0.807. The van der Waals surface area contributed by atoms with Gasteiger partial charge in [0, 0.05) is 23.8 Å². The van der Waals surface area contributed by atoms with Crippen molar-refractivity contribution < 1.29 is 19.1 Å². The van der Waals surface area contributed by atoms with Crippen molar-refractivity contribution >= 4 is 35.0 Å². The number of rotatable bonds is 6. The molecule has 2 rings (SSSR count). The van der Waals surface area contributed by atoms with E-state index in [1.54, 1.807) is 7.11 Å². The summed E-state index contributed by atoms with van der Waals surface area (Å²) in [6.07, 6.45) is 1.01. The fraction of sp³-hybridized carbons (Fsp3) is 0.571. The highest BCUT2D eigenvalue weighted by molar-refractivity contribution is 7.98. The Kier molecular flexibility index (Phi) is 6.08. The van der Waals surface area contributed by atoms with Crippen LogP contribution in [-0.2, 0) is 26.4 Å². The van der Waals surface area contributed by atoms with E-state index >= 15 is 0 Å². The predicted octanol–water partition coefficient (Wildman–Crippen LogP) is 1.85. The fourth-order valence-corrected chi connectivity index (χ4v) is 4.32. The normalized spacial score (nSPS) is 15.1. The molecule has 1 aromatic heterocycles. The summed E-state index contributed by atoms with van der Waals surface area (Å²) in [5.74, 6) is 1.31. The van der Waals surface area contributed by atoms with E-state index < -0.39 is 5.97 Å². The molecule has 0 spiro atoms. The maximum absolute atomic E-state index is 12.0. The van der Waals surface area contributed by atoms with Gasteiger partial charge in [0.1, 0.15) is 4.88 Å². The van der Waals surface area contributed by atoms with E-state index in [9.17, 15) is 9.59 Å². The number of nitrogens with one attached hydrogen (secondary N) is 1. The van der Waals surface area contributed by atoms with Gasteiger partial charge in [0.2, 0.25) is 0 Å². The van der Waals surface area contributed by atoms with E-state index in [4.69, 9.17) is 9.47 Å². The van der Waals surface area contributed by atoms with E-state index in [0.29, 0.717) is 11.5 Å². The first-order valence-electron chi connectivity index (χ1n) is 6.75. The van der Waals surface area contributed by atoms with Crippen LogP contribution in [0.1, 0.15) is 27.0 Å². The van der Waals surface area contributed by atoms with Crippen LogP contribution < -0.4 is 5.32 Å². The standard InChI is InChI=1S/C14H19NO4S2/c1-9(6-18-2)15-13(16)7-19-14(17)12-5-10-8-20-4-3-11(10)21-12/h5,9H,3-4,6-8H2,1-2H3,(H,15,16)/t9-/m1/s1. The molecule has 21 heavy (non-hydrogen) atoms. The zero-order chi connectivity index (χ0) is 15.2. The number of amides is 1. The second-order valence-corrected chi connectivity index (χ2v) is 7.10. The minimum absolute atomic E-state index is 0.104. The monoisotopic (exact) mass is 329 g/mol. The van der Waals surface area contributed by atoms with Crippen molar-refractivity contribution in [3.05, 3.63) is 21.4 Å². The summed E-state index contributed by atoms with van der Waals surface area (Å²) in [7, 11) is 1.57. The lowest BCUT2D eigenvalue weighted by atomic mass is 10.2. The van der Waals surface area contributed by atoms with Gasteiger partial charge in [-0.05, 0) is 30.7 Å². The van der Waals surface area contributed by atoms with Gasteiger partial charge in [0.15, 0.2) is 6.61 Å². The molecule has 2 heterocycles. The molecule has 1 aromatic rings. The van der Waals surface area contributed by atoms with Crippen LogP contribution in [0.15, 0.2) is 6.07 Å². The van der Waals surface area contributed by atoms with E-state index in [-0.39, 0.29) is 18.6 Å². The largest absolute Gasteiger partial charge is 0.451 e. The van der Waals surface area contributed by atoms with Crippen LogP contribution in [0, 0.1) is 0 Å². The zero-order valence-electron chi connectivity index (χ0n) is 12.1. The molecule has 1 N–H and O–H groups in total. The molecule has 116 valence electrons.